The molecule has 24 heavy (non-hydrogen) atoms. The number of aromatic carboxylic acids is 1. The van der Waals surface area contributed by atoms with Crippen molar-refractivity contribution in [3.8, 4) is 5.75 Å². The fraction of sp³-hybridized carbons (Fsp3) is 0.278. The predicted molar refractivity (Wildman–Crippen MR) is 90.1 cm³/mol. The number of hydrogen-bond acceptors (Lipinski definition) is 5. The molecule has 2 aromatic rings. The molecule has 0 aromatic heterocycles. The average Bonchev–Trinajstić information content (AvgIpc) is 2.59. The van der Waals surface area contributed by atoms with Crippen LogP contribution in [0.3, 0.4) is 0 Å². The lowest BCUT2D eigenvalue weighted by atomic mass is 10.2. The molecule has 6 nitrogen and oxygen atoms in total. The van der Waals surface area contributed by atoms with Crippen LogP contribution in [0.25, 0.3) is 0 Å². The van der Waals surface area contributed by atoms with Gasteiger partial charge in [-0.15, -0.1) is 0 Å². The molecule has 1 unspecified atom stereocenters. The Bertz CT molecular complexity index is 727. The van der Waals surface area contributed by atoms with Gasteiger partial charge in [-0.05, 0) is 43.2 Å². The number of benzene rings is 2. The third-order valence-corrected chi connectivity index (χ3v) is 3.68. The second kappa shape index (κ2) is 8.21. The average molecular weight is 326 g/mol. The molecule has 0 aliphatic carbocycles. The number of carboxylic acids is 1. The molecule has 126 valence electrons. The van der Waals surface area contributed by atoms with Crippen molar-refractivity contribution in [2.45, 2.75) is 32.9 Å². The van der Waals surface area contributed by atoms with Crippen LogP contribution in [-0.4, -0.2) is 17.1 Å². The van der Waals surface area contributed by atoms with Crippen LogP contribution in [-0.2, 0) is 6.54 Å². The molecule has 0 fully saturated rings. The molecule has 0 aliphatic heterocycles. The summed E-state index contributed by atoms with van der Waals surface area (Å²) in [6, 6.07) is 11.9. The van der Waals surface area contributed by atoms with Crippen molar-refractivity contribution in [2.75, 3.05) is 0 Å². The molecule has 1 atom stereocenters. The summed E-state index contributed by atoms with van der Waals surface area (Å²) in [5.74, 6) is -1.81. The van der Waals surface area contributed by atoms with E-state index in [1.54, 1.807) is 0 Å². The summed E-state index contributed by atoms with van der Waals surface area (Å²) in [5, 5.41) is 31.8. The van der Waals surface area contributed by atoms with Crippen molar-refractivity contribution < 1.29 is 15.0 Å². The van der Waals surface area contributed by atoms with Crippen LogP contribution >= 0.6 is 0 Å². The van der Waals surface area contributed by atoms with Crippen LogP contribution in [0.1, 0.15) is 36.2 Å². The minimum atomic E-state index is -1.27. The van der Waals surface area contributed by atoms with Crippen LogP contribution in [0.4, 0.5) is 11.4 Å². The third kappa shape index (κ3) is 4.89. The summed E-state index contributed by atoms with van der Waals surface area (Å²) >= 11 is 0. The Kier molecular flexibility index (Phi) is 6.03. The highest BCUT2D eigenvalue weighted by atomic mass is 16.4. The SMILES string of the molecule is CCC(C)NCc1ccc(N=Nc2ccc([O-])c(C(=O)O)c2)cc1. The maximum Gasteiger partial charge on any atom is 0.335 e. The molecular formula is C18H20N3O3-. The molecule has 2 aromatic carbocycles. The van der Waals surface area contributed by atoms with Gasteiger partial charge in [0.25, 0.3) is 0 Å². The fourth-order valence-electron chi connectivity index (χ4n) is 1.98. The van der Waals surface area contributed by atoms with Crippen molar-refractivity contribution in [3.63, 3.8) is 0 Å². The Morgan fingerprint density at radius 3 is 2.42 bits per heavy atom. The minimum Gasteiger partial charge on any atom is -0.872 e. The van der Waals surface area contributed by atoms with Gasteiger partial charge in [-0.2, -0.15) is 10.2 Å². The molecule has 2 rings (SSSR count). The van der Waals surface area contributed by atoms with Crippen molar-refractivity contribution in [2.24, 2.45) is 10.2 Å². The summed E-state index contributed by atoms with van der Waals surface area (Å²) < 4.78 is 0. The van der Waals surface area contributed by atoms with E-state index in [9.17, 15) is 9.90 Å². The van der Waals surface area contributed by atoms with Gasteiger partial charge < -0.3 is 15.5 Å². The number of nitrogens with one attached hydrogen (secondary N) is 1. The van der Waals surface area contributed by atoms with Crippen LogP contribution in [0, 0.1) is 0 Å². The minimum absolute atomic E-state index is 0.307. The molecule has 2 N–H and O–H groups in total. The van der Waals surface area contributed by atoms with Gasteiger partial charge in [0.1, 0.15) is 0 Å². The highest BCUT2D eigenvalue weighted by molar-refractivity contribution is 5.91. The highest BCUT2D eigenvalue weighted by Crippen LogP contribution is 2.23. The van der Waals surface area contributed by atoms with Crippen molar-refractivity contribution >= 4 is 17.3 Å². The van der Waals surface area contributed by atoms with E-state index < -0.39 is 11.7 Å². The first kappa shape index (κ1) is 17.6. The van der Waals surface area contributed by atoms with Crippen LogP contribution < -0.4 is 10.4 Å². The zero-order valence-electron chi connectivity index (χ0n) is 13.7. The van der Waals surface area contributed by atoms with Crippen LogP contribution in [0.5, 0.6) is 5.75 Å². The second-order valence-corrected chi connectivity index (χ2v) is 5.54. The summed E-state index contributed by atoms with van der Waals surface area (Å²) in [7, 11) is 0. The van der Waals surface area contributed by atoms with Gasteiger partial charge in [0, 0.05) is 12.6 Å². The fourth-order valence-corrected chi connectivity index (χ4v) is 1.98. The summed E-state index contributed by atoms with van der Waals surface area (Å²) in [5.41, 5.74) is 1.83. The van der Waals surface area contributed by atoms with E-state index >= 15 is 0 Å². The third-order valence-electron chi connectivity index (χ3n) is 3.68. The van der Waals surface area contributed by atoms with Gasteiger partial charge >= 0.3 is 5.97 Å². The number of carbonyl (C=O) groups is 1. The molecule has 0 amide bonds. The largest absolute Gasteiger partial charge is 0.872 e. The van der Waals surface area contributed by atoms with Crippen LogP contribution in [0.2, 0.25) is 0 Å². The summed E-state index contributed by atoms with van der Waals surface area (Å²) in [6.45, 7) is 5.07. The van der Waals surface area contributed by atoms with Crippen molar-refractivity contribution in [1.82, 2.24) is 5.32 Å². The summed E-state index contributed by atoms with van der Waals surface area (Å²) in [6.07, 6.45) is 1.08. The molecule has 0 bridgehead atoms. The van der Waals surface area contributed by atoms with Crippen molar-refractivity contribution in [3.05, 3.63) is 53.6 Å². The van der Waals surface area contributed by atoms with E-state index in [4.69, 9.17) is 5.11 Å². The lowest BCUT2D eigenvalue weighted by molar-refractivity contribution is -0.268. The Morgan fingerprint density at radius 2 is 1.79 bits per heavy atom. The van der Waals surface area contributed by atoms with Gasteiger partial charge in [-0.1, -0.05) is 30.9 Å². The van der Waals surface area contributed by atoms with E-state index in [0.29, 0.717) is 17.4 Å². The first-order chi connectivity index (χ1) is 11.5. The predicted octanol–water partition coefficient (Wildman–Crippen LogP) is 3.76. The Hall–Kier alpha value is -2.73. The van der Waals surface area contributed by atoms with E-state index in [1.807, 2.05) is 24.3 Å². The van der Waals surface area contributed by atoms with Gasteiger partial charge in [-0.25, -0.2) is 4.79 Å². The second-order valence-electron chi connectivity index (χ2n) is 5.54. The lowest BCUT2D eigenvalue weighted by Gasteiger charge is -2.11. The molecular weight excluding hydrogens is 306 g/mol. The summed E-state index contributed by atoms with van der Waals surface area (Å²) in [4.78, 5) is 10.9. The van der Waals surface area contributed by atoms with Gasteiger partial charge in [0.05, 0.1) is 16.9 Å². The van der Waals surface area contributed by atoms with Crippen LogP contribution in [0.15, 0.2) is 52.7 Å². The van der Waals surface area contributed by atoms with Gasteiger partial charge in [0.2, 0.25) is 0 Å². The first-order valence-electron chi connectivity index (χ1n) is 7.78. The normalized spacial score (nSPS) is 12.4. The molecule has 0 aliphatic rings. The molecule has 6 heteroatoms. The Labute approximate surface area is 140 Å². The zero-order valence-corrected chi connectivity index (χ0v) is 13.7. The standard InChI is InChI=1S/C18H21N3O3/c1-3-12(2)19-11-13-4-6-14(7-5-13)20-21-15-8-9-17(22)16(10-15)18(23)24/h4-10,12,19,22H,3,11H2,1-2H3,(H,23,24)/p-1. The van der Waals surface area contributed by atoms with Gasteiger partial charge in [0.15, 0.2) is 0 Å². The smallest absolute Gasteiger partial charge is 0.335 e. The zero-order chi connectivity index (χ0) is 17.5. The monoisotopic (exact) mass is 326 g/mol. The maximum atomic E-state index is 11.4. The van der Waals surface area contributed by atoms with E-state index in [1.165, 1.54) is 18.2 Å². The molecule has 0 saturated carbocycles. The number of nitrogens with zero attached hydrogens (tertiary/aromatic N) is 2. The molecule has 0 spiro atoms. The van der Waals surface area contributed by atoms with E-state index in [0.717, 1.165) is 18.5 Å². The van der Waals surface area contributed by atoms with E-state index in [2.05, 4.69) is 29.4 Å². The number of azo groups is 1. The molecule has 0 heterocycles. The highest BCUT2D eigenvalue weighted by Gasteiger charge is 2.04. The Morgan fingerprint density at radius 1 is 1.17 bits per heavy atom. The van der Waals surface area contributed by atoms with E-state index in [-0.39, 0.29) is 5.56 Å². The first-order valence-corrected chi connectivity index (χ1v) is 7.78. The quantitative estimate of drug-likeness (QED) is 0.757. The number of carboxylic acid groups (broad SMARTS) is 1. The number of rotatable bonds is 7. The molecule has 0 saturated heterocycles. The maximum absolute atomic E-state index is 11.4. The number of hydrogen-bond donors (Lipinski definition) is 2. The lowest BCUT2D eigenvalue weighted by Crippen LogP contribution is -2.24. The van der Waals surface area contributed by atoms with Gasteiger partial charge in [-0.3, -0.25) is 0 Å². The topological polar surface area (TPSA) is 97.1 Å². The Balaban J connectivity index is 2.04. The molecule has 0 radical (unpaired) electrons. The van der Waals surface area contributed by atoms with Crippen molar-refractivity contribution in [1.29, 1.82) is 0 Å².